The first-order valence-corrected chi connectivity index (χ1v) is 15.8. The number of alkyl halides is 3. The molecule has 3 aliphatic rings. The predicted octanol–water partition coefficient (Wildman–Crippen LogP) is 9.39. The van der Waals surface area contributed by atoms with E-state index in [1.807, 2.05) is 12.1 Å². The molecule has 0 aliphatic heterocycles. The second-order valence-electron chi connectivity index (χ2n) is 11.2. The average Bonchev–Trinajstić information content (AvgIpc) is 3.10. The van der Waals surface area contributed by atoms with Crippen molar-refractivity contribution in [1.29, 1.82) is 0 Å². The minimum atomic E-state index is -4.36. The molecule has 1 atom stereocenters. The zero-order valence-corrected chi connectivity index (χ0v) is 23.5. The van der Waals surface area contributed by atoms with Gasteiger partial charge in [0.1, 0.15) is 0 Å². The highest BCUT2D eigenvalue weighted by atomic mass is 32.2. The van der Waals surface area contributed by atoms with E-state index < -0.39 is 21.6 Å². The van der Waals surface area contributed by atoms with Gasteiger partial charge in [0.2, 0.25) is 0 Å². The third-order valence-electron chi connectivity index (χ3n) is 8.31. The van der Waals surface area contributed by atoms with E-state index in [2.05, 4.69) is 23.9 Å². The molecule has 0 bridgehead atoms. The molecule has 0 N–H and O–H groups in total. The molecule has 1 saturated carbocycles. The number of hydrogen-bond acceptors (Lipinski definition) is 2. The van der Waals surface area contributed by atoms with Crippen molar-refractivity contribution in [2.24, 2.45) is 5.92 Å². The van der Waals surface area contributed by atoms with Crippen molar-refractivity contribution < 1.29 is 21.6 Å². The highest BCUT2D eigenvalue weighted by molar-refractivity contribution is 7.94. The molecule has 40 heavy (non-hydrogen) atoms. The summed E-state index contributed by atoms with van der Waals surface area (Å²) in [5.41, 5.74) is 8.76. The van der Waals surface area contributed by atoms with E-state index in [-0.39, 0.29) is 0 Å². The van der Waals surface area contributed by atoms with Crippen LogP contribution in [-0.4, -0.2) is 14.6 Å². The van der Waals surface area contributed by atoms with Crippen LogP contribution in [0.25, 0.3) is 11.1 Å². The van der Waals surface area contributed by atoms with Crippen molar-refractivity contribution in [3.63, 3.8) is 0 Å². The van der Waals surface area contributed by atoms with Crippen molar-refractivity contribution >= 4 is 9.84 Å². The van der Waals surface area contributed by atoms with Crippen LogP contribution >= 0.6 is 0 Å². The van der Waals surface area contributed by atoms with E-state index in [0.29, 0.717) is 17.2 Å². The summed E-state index contributed by atoms with van der Waals surface area (Å²) in [7, 11) is -3.52. The molecule has 0 spiro atoms. The van der Waals surface area contributed by atoms with Gasteiger partial charge in [-0.2, -0.15) is 13.2 Å². The summed E-state index contributed by atoms with van der Waals surface area (Å²) in [5.74, 6) is 0.493. The molecule has 0 amide bonds. The van der Waals surface area contributed by atoms with Crippen LogP contribution in [0.5, 0.6) is 0 Å². The molecule has 0 aromatic heterocycles. The van der Waals surface area contributed by atoms with Gasteiger partial charge in [-0.3, -0.25) is 0 Å². The minimum Gasteiger partial charge on any atom is -0.219 e. The summed E-state index contributed by atoms with van der Waals surface area (Å²) in [4.78, 5) is 0.326. The lowest BCUT2D eigenvalue weighted by Crippen LogP contribution is -2.09. The topological polar surface area (TPSA) is 34.1 Å². The Hall–Kier alpha value is -3.08. The van der Waals surface area contributed by atoms with Crippen LogP contribution in [0.2, 0.25) is 0 Å². The standard InChI is InChI=1S/C34H35F3O2S/c35-34(36,37)32-12-3-8-26(15-20-32)6-1-5-25-7-2-9-27(14-13-25)24-40(38,39)33-21-18-29(19-22-33)31-17-16-28-10-4-11-30(28)23-31/h8,12,15-25H,1-2,4-7,9-11,13-14H2/b27-24-. The molecule has 210 valence electrons. The molecule has 2 aromatic carbocycles. The Balaban J connectivity index is 1.15. The highest BCUT2D eigenvalue weighted by Crippen LogP contribution is 2.33. The number of fused-ring (bicyclic) bond motifs is 1. The fourth-order valence-electron chi connectivity index (χ4n) is 6.02. The average molecular weight is 565 g/mol. The quantitative estimate of drug-likeness (QED) is 0.248. The molecule has 3 aliphatic carbocycles. The predicted molar refractivity (Wildman–Crippen MR) is 154 cm³/mol. The Labute approximate surface area is 235 Å². The highest BCUT2D eigenvalue weighted by Gasteiger charge is 2.31. The summed E-state index contributed by atoms with van der Waals surface area (Å²) < 4.78 is 65.1. The van der Waals surface area contributed by atoms with Crippen LogP contribution in [0, 0.1) is 5.92 Å². The SMILES string of the molecule is O=S(=O)(/C=C1/CCCC(CCCC2=CC=C(C(F)(F)F)C=C=C2)CC1)c1ccc(-c2ccc3c(c2)CCC3)cc1. The number of sulfone groups is 1. The molecule has 6 heteroatoms. The van der Waals surface area contributed by atoms with Crippen molar-refractivity contribution in [3.05, 3.63) is 106 Å². The fraction of sp³-hybridized carbons (Fsp3) is 0.382. The summed E-state index contributed by atoms with van der Waals surface area (Å²) in [5, 5.41) is 1.48. The molecular weight excluding hydrogens is 529 g/mol. The van der Waals surface area contributed by atoms with E-state index in [1.165, 1.54) is 29.0 Å². The lowest BCUT2D eigenvalue weighted by Gasteiger charge is -2.13. The summed E-state index contributed by atoms with van der Waals surface area (Å²) in [6.07, 6.45) is 11.4. The lowest BCUT2D eigenvalue weighted by atomic mass is 9.93. The van der Waals surface area contributed by atoms with Crippen molar-refractivity contribution in [1.82, 2.24) is 0 Å². The zero-order chi connectivity index (χ0) is 28.2. The number of halogens is 3. The maximum atomic E-state index is 13.2. The number of benzene rings is 2. The number of rotatable bonds is 7. The minimum absolute atomic E-state index is 0.326. The summed E-state index contributed by atoms with van der Waals surface area (Å²) in [6.45, 7) is 0. The van der Waals surface area contributed by atoms with Gasteiger partial charge >= 0.3 is 6.18 Å². The molecule has 1 fully saturated rings. The van der Waals surface area contributed by atoms with E-state index in [0.717, 1.165) is 92.2 Å². The monoisotopic (exact) mass is 564 g/mol. The van der Waals surface area contributed by atoms with E-state index in [4.69, 9.17) is 0 Å². The van der Waals surface area contributed by atoms with E-state index in [9.17, 15) is 21.6 Å². The van der Waals surface area contributed by atoms with Gasteiger partial charge in [-0.05, 0) is 122 Å². The van der Waals surface area contributed by atoms with Crippen LogP contribution in [0.15, 0.2) is 99.5 Å². The van der Waals surface area contributed by atoms with Gasteiger partial charge in [-0.1, -0.05) is 54.8 Å². The third kappa shape index (κ3) is 7.16. The zero-order valence-electron chi connectivity index (χ0n) is 22.6. The first kappa shape index (κ1) is 28.4. The second kappa shape index (κ2) is 12.2. The Morgan fingerprint density at radius 2 is 1.62 bits per heavy atom. The van der Waals surface area contributed by atoms with Crippen molar-refractivity contribution in [3.8, 4) is 11.1 Å². The van der Waals surface area contributed by atoms with E-state index >= 15 is 0 Å². The largest absolute Gasteiger partial charge is 0.417 e. The smallest absolute Gasteiger partial charge is 0.219 e. The second-order valence-corrected chi connectivity index (χ2v) is 13.0. The number of hydrogen-bond donors (Lipinski definition) is 0. The van der Waals surface area contributed by atoms with Crippen LogP contribution in [-0.2, 0) is 22.7 Å². The van der Waals surface area contributed by atoms with E-state index in [1.54, 1.807) is 18.2 Å². The maximum Gasteiger partial charge on any atom is 0.417 e. The Bertz CT molecular complexity index is 1500. The third-order valence-corrected chi connectivity index (χ3v) is 9.88. The summed E-state index contributed by atoms with van der Waals surface area (Å²) in [6, 6.07) is 13.8. The van der Waals surface area contributed by atoms with Gasteiger partial charge in [0, 0.05) is 5.41 Å². The van der Waals surface area contributed by atoms with Gasteiger partial charge in [-0.25, -0.2) is 8.42 Å². The first-order chi connectivity index (χ1) is 19.2. The van der Waals surface area contributed by atoms with Crippen LogP contribution in [0.4, 0.5) is 13.2 Å². The van der Waals surface area contributed by atoms with Crippen molar-refractivity contribution in [2.45, 2.75) is 81.7 Å². The normalized spacial score (nSPS) is 20.6. The molecular formula is C34H35F3O2S. The molecule has 1 unspecified atom stereocenters. The molecule has 2 nitrogen and oxygen atoms in total. The molecule has 0 saturated heterocycles. The fourth-order valence-corrected chi connectivity index (χ4v) is 7.34. The van der Waals surface area contributed by atoms with Crippen LogP contribution in [0.1, 0.15) is 68.9 Å². The van der Waals surface area contributed by atoms with Gasteiger partial charge in [0.05, 0.1) is 10.5 Å². The van der Waals surface area contributed by atoms with Crippen LogP contribution in [0.3, 0.4) is 0 Å². The van der Waals surface area contributed by atoms with Crippen molar-refractivity contribution in [2.75, 3.05) is 0 Å². The number of aryl methyl sites for hydroxylation is 2. The maximum absolute atomic E-state index is 13.2. The Morgan fingerprint density at radius 1 is 0.850 bits per heavy atom. The Kier molecular flexibility index (Phi) is 8.68. The number of allylic oxidation sites excluding steroid dienone is 6. The Morgan fingerprint density at radius 3 is 2.42 bits per heavy atom. The molecule has 2 aromatic rings. The molecule has 5 rings (SSSR count). The summed E-state index contributed by atoms with van der Waals surface area (Å²) >= 11 is 0. The van der Waals surface area contributed by atoms with Gasteiger partial charge in [0.15, 0.2) is 9.84 Å². The van der Waals surface area contributed by atoms with Crippen LogP contribution < -0.4 is 0 Å². The van der Waals surface area contributed by atoms with Gasteiger partial charge < -0.3 is 0 Å². The first-order valence-electron chi connectivity index (χ1n) is 14.2. The van der Waals surface area contributed by atoms with Gasteiger partial charge in [-0.15, -0.1) is 5.73 Å². The van der Waals surface area contributed by atoms with Gasteiger partial charge in [0.25, 0.3) is 0 Å². The molecule has 0 heterocycles. The lowest BCUT2D eigenvalue weighted by molar-refractivity contribution is -0.0881. The molecule has 0 radical (unpaired) electrons.